The number of fused-ring (bicyclic) bond motifs is 2. The topological polar surface area (TPSA) is 248 Å². The first-order chi connectivity index (χ1) is 35.2. The van der Waals surface area contributed by atoms with Crippen molar-refractivity contribution in [2.45, 2.75) is 60.1 Å². The van der Waals surface area contributed by atoms with Crippen molar-refractivity contribution < 1.29 is 209 Å². The molecule has 30 heteroatoms. The van der Waals surface area contributed by atoms with Crippen molar-refractivity contribution in [3.8, 4) is 5.88 Å². The molecule has 0 saturated heterocycles. The van der Waals surface area contributed by atoms with Gasteiger partial charge in [-0.05, 0) is 90.2 Å². The van der Waals surface area contributed by atoms with Crippen molar-refractivity contribution in [3.05, 3.63) is 111 Å². The number of aromatic nitrogens is 4. The molecule has 8 rings (SSSR count). The third-order valence-electron chi connectivity index (χ3n) is 11.9. The molecule has 4 heterocycles. The molecular weight excluding hydrogens is 1380 g/mol. The first kappa shape index (κ1) is 69.1. The number of amides is 2. The average molecular weight is 1430 g/mol. The molecule has 2 saturated carbocycles. The van der Waals surface area contributed by atoms with E-state index in [-0.39, 0.29) is 208 Å². The minimum atomic E-state index is -2.67. The summed E-state index contributed by atoms with van der Waals surface area (Å²) in [5, 5.41) is 16.3. The van der Waals surface area contributed by atoms with Gasteiger partial charge in [0.2, 0.25) is 17.7 Å². The molecule has 2 aliphatic heterocycles. The summed E-state index contributed by atoms with van der Waals surface area (Å²) in [6.45, 7) is 1.44. The molecule has 0 bridgehead atoms. The number of amidine groups is 2. The predicted octanol–water partition coefficient (Wildman–Crippen LogP) is 0.619. The minimum Gasteiger partial charge on any atom is -1.00 e. The number of nitrogens with two attached hydrogens (primary N) is 2. The first-order valence-electron chi connectivity index (χ1n) is 21.9. The molecule has 6 atom stereocenters. The van der Waals surface area contributed by atoms with Gasteiger partial charge in [0.15, 0.2) is 28.6 Å². The number of carbonyl (C=O) groups is 3. The number of nitrogens with zero attached hydrogens (tertiary/aromatic N) is 8. The molecule has 2 aromatic carbocycles. The molecule has 0 spiro atoms. The third kappa shape index (κ3) is 17.0. The number of alkyl halides is 4. The van der Waals surface area contributed by atoms with Gasteiger partial charge in [0.1, 0.15) is 43.7 Å². The normalized spacial score (nSPS) is 23.6. The van der Waals surface area contributed by atoms with Gasteiger partial charge < -0.3 is 42.7 Å². The van der Waals surface area contributed by atoms with E-state index in [1.807, 2.05) is 0 Å². The fraction of sp³-hybridized carbons (Fsp3) is 0.383. The molecular formula is C47H49BrCs2F8N10O7S2. The van der Waals surface area contributed by atoms with Crippen molar-refractivity contribution in [1.82, 2.24) is 29.7 Å². The Morgan fingerprint density at radius 2 is 1.18 bits per heavy atom. The Morgan fingerprint density at radius 3 is 1.51 bits per heavy atom. The van der Waals surface area contributed by atoms with E-state index in [1.165, 1.54) is 82.1 Å². The van der Waals surface area contributed by atoms with Crippen LogP contribution in [0, 0.1) is 23.5 Å². The molecule has 77 heavy (non-hydrogen) atoms. The fourth-order valence-corrected chi connectivity index (χ4v) is 11.6. The predicted molar refractivity (Wildman–Crippen MR) is 268 cm³/mol. The second-order valence-electron chi connectivity index (χ2n) is 17.5. The van der Waals surface area contributed by atoms with Gasteiger partial charge in [0, 0.05) is 51.2 Å². The molecule has 406 valence electrons. The SMILES string of the molecule is CN(C)C(=O)[C@]12C[C@H]1[C@@](C)(c1cc(/C=C(\F)c3cnc(Br)cn3)ccc1F)N=C(N)S2.CN(C)C(=O)[C@]12C[C@H]1[C@@](C)(c1cc(/C=C(\F)c3cnc(OCC(F)F)cn3)ccc1F)N=C(N)S2.O=CO[O-].OCC(F)F.[Cs+].[Cs+].[H-]. The number of hydrogen-bond donors (Lipinski definition) is 3. The minimum absolute atomic E-state index is 0. The molecule has 17 nitrogen and oxygen atoms in total. The van der Waals surface area contributed by atoms with Crippen LogP contribution in [-0.4, -0.2) is 127 Å². The Balaban J connectivity index is 0.000000448. The van der Waals surface area contributed by atoms with Crippen molar-refractivity contribution in [2.75, 3.05) is 41.4 Å². The van der Waals surface area contributed by atoms with E-state index in [0.29, 0.717) is 28.6 Å². The molecule has 2 amide bonds. The summed E-state index contributed by atoms with van der Waals surface area (Å²) in [4.78, 5) is 64.6. The number of thioether (sulfide) groups is 2. The van der Waals surface area contributed by atoms with Crippen molar-refractivity contribution in [1.29, 1.82) is 0 Å². The van der Waals surface area contributed by atoms with Gasteiger partial charge in [0.05, 0.1) is 35.9 Å². The average Bonchev–Trinajstić information content (AvgIpc) is 4.30. The molecule has 2 aliphatic carbocycles. The summed E-state index contributed by atoms with van der Waals surface area (Å²) >= 11 is 5.59. The maximum Gasteiger partial charge on any atom is 1.00 e. The smallest absolute Gasteiger partial charge is 1.00 e. The number of carbonyl (C=O) groups excluding carboxylic acids is 3. The van der Waals surface area contributed by atoms with Crippen LogP contribution < -0.4 is 159 Å². The maximum absolute atomic E-state index is 15.0. The number of hydrogen-bond acceptors (Lipinski definition) is 17. The van der Waals surface area contributed by atoms with E-state index in [0.717, 1.165) is 18.5 Å². The zero-order valence-electron chi connectivity index (χ0n) is 43.5. The Morgan fingerprint density at radius 1 is 0.779 bits per heavy atom. The molecule has 2 fully saturated rings. The van der Waals surface area contributed by atoms with Crippen LogP contribution in [0.5, 0.6) is 5.88 Å². The summed E-state index contributed by atoms with van der Waals surface area (Å²) < 4.78 is 109. The van der Waals surface area contributed by atoms with Crippen LogP contribution in [0.4, 0.5) is 35.1 Å². The Hall–Kier alpha value is -2.13. The van der Waals surface area contributed by atoms with Crippen LogP contribution in [0.1, 0.15) is 61.8 Å². The third-order valence-corrected chi connectivity index (χ3v) is 14.9. The monoisotopic (exact) mass is 1430 g/mol. The summed E-state index contributed by atoms with van der Waals surface area (Å²) in [5.41, 5.74) is 11.1. The summed E-state index contributed by atoms with van der Waals surface area (Å²) in [5.74, 6) is -3.25. The number of aliphatic hydroxyl groups is 1. The second kappa shape index (κ2) is 29.7. The number of benzene rings is 2. The van der Waals surface area contributed by atoms with Gasteiger partial charge in [-0.2, -0.15) is 0 Å². The van der Waals surface area contributed by atoms with Gasteiger partial charge in [-0.3, -0.25) is 24.4 Å². The number of ether oxygens (including phenoxy) is 1. The van der Waals surface area contributed by atoms with Crippen LogP contribution in [0.25, 0.3) is 23.8 Å². The van der Waals surface area contributed by atoms with Gasteiger partial charge in [0.25, 0.3) is 19.3 Å². The van der Waals surface area contributed by atoms with E-state index in [2.05, 4.69) is 50.7 Å². The zero-order valence-corrected chi connectivity index (χ0v) is 58.3. The number of aliphatic imine (C=N–C) groups is 2. The molecule has 4 aliphatic rings. The van der Waals surface area contributed by atoms with Crippen LogP contribution >= 0.6 is 39.5 Å². The zero-order chi connectivity index (χ0) is 55.8. The summed E-state index contributed by atoms with van der Waals surface area (Å²) in [6, 6.07) is 8.38. The Labute approximate surface area is 573 Å². The van der Waals surface area contributed by atoms with E-state index in [4.69, 9.17) is 31.4 Å². The van der Waals surface area contributed by atoms with E-state index >= 15 is 4.39 Å². The first-order valence-corrected chi connectivity index (χ1v) is 24.3. The number of aliphatic hydroxyl groups excluding tert-OH is 1. The Kier molecular flexibility index (Phi) is 26.7. The van der Waals surface area contributed by atoms with Crippen LogP contribution in [0.2, 0.25) is 0 Å². The largest absolute Gasteiger partial charge is 1.00 e. The van der Waals surface area contributed by atoms with Gasteiger partial charge >= 0.3 is 138 Å². The van der Waals surface area contributed by atoms with Crippen LogP contribution in [0.15, 0.2) is 75.8 Å². The van der Waals surface area contributed by atoms with Gasteiger partial charge in [-0.15, -0.1) is 0 Å². The van der Waals surface area contributed by atoms with E-state index < -0.39 is 69.9 Å². The number of halogens is 9. The fourth-order valence-electron chi connectivity index (χ4n) is 8.44. The van der Waals surface area contributed by atoms with Crippen molar-refractivity contribution >= 4 is 91.9 Å². The molecule has 4 aromatic rings. The molecule has 0 radical (unpaired) electrons. The number of rotatable bonds is 13. The van der Waals surface area contributed by atoms with Gasteiger partial charge in [-0.1, -0.05) is 35.7 Å². The standard InChI is InChI=1S/C23H23F4N5O2S.C21H20BrF2N5OS.C2H4F2O.CH2O3.2Cs.H/c1-22(17-8-23(17,20(33)32(2)3)35-21(28)31-22)13-6-12(4-5-14(13)24)7-15(25)16-9-30-19(10-29-16)34-11-18(26)27;1-20(16-8-21(16,18(30)29(2)3)31-19(25)28-20)12-6-11(4-5-13(12)23)7-14(24)15-9-27-17(22)10-26-15;3-2(4)1-5;2-1-4-3;;;/h4-7,9-10,17-18H,8,11H2,1-3H3,(H2,28,31);4-7,9-10,16H,8H2,1-3H3,(H2,25,28);2,5H,1H2;1,3H;;;/q;;;;2*+1;-1/p-1/b15-7-;14-7-;;;;;/t17-,22+,23-;16-,20+,21-;;;;;/m00...../s1. The molecule has 2 aromatic heterocycles. The van der Waals surface area contributed by atoms with Crippen molar-refractivity contribution in [3.63, 3.8) is 0 Å². The van der Waals surface area contributed by atoms with Crippen LogP contribution in [0.3, 0.4) is 0 Å². The van der Waals surface area contributed by atoms with E-state index in [9.17, 15) is 40.3 Å². The summed E-state index contributed by atoms with van der Waals surface area (Å²) in [6.07, 6.45) is 2.98. The maximum atomic E-state index is 15.0. The summed E-state index contributed by atoms with van der Waals surface area (Å²) in [7, 11) is 6.68. The van der Waals surface area contributed by atoms with Crippen molar-refractivity contribution in [2.24, 2.45) is 33.3 Å². The second-order valence-corrected chi connectivity index (χ2v) is 21.0. The molecule has 0 unspecified atom stereocenters. The van der Waals surface area contributed by atoms with Crippen LogP contribution in [-0.2, 0) is 30.3 Å². The molecule has 5 N–H and O–H groups in total. The Bertz CT molecular complexity index is 2880. The quantitative estimate of drug-likeness (QED) is 0.0719. The van der Waals surface area contributed by atoms with Gasteiger partial charge in [-0.25, -0.2) is 55.1 Å². The van der Waals surface area contributed by atoms with E-state index in [1.54, 1.807) is 48.1 Å².